The average molecular weight is 396 g/mol. The van der Waals surface area contributed by atoms with Crippen molar-refractivity contribution in [1.29, 1.82) is 0 Å². The van der Waals surface area contributed by atoms with Crippen molar-refractivity contribution in [3.05, 3.63) is 71.3 Å². The van der Waals surface area contributed by atoms with Gasteiger partial charge in [-0.3, -0.25) is 14.5 Å². The van der Waals surface area contributed by atoms with E-state index in [4.69, 9.17) is 9.84 Å². The van der Waals surface area contributed by atoms with Crippen LogP contribution < -0.4 is 0 Å². The smallest absolute Gasteiger partial charge is 0.317 e. The molecule has 6 heteroatoms. The molecule has 1 fully saturated rings. The molecule has 3 rings (SSSR count). The third kappa shape index (κ3) is 6.14. The lowest BCUT2D eigenvalue weighted by Crippen LogP contribution is -2.49. The number of carbonyl (C=O) groups is 2. The zero-order chi connectivity index (χ0) is 20.6. The molecule has 1 saturated heterocycles. The van der Waals surface area contributed by atoms with E-state index in [0.29, 0.717) is 26.2 Å². The highest BCUT2D eigenvalue weighted by Crippen LogP contribution is 2.17. The van der Waals surface area contributed by atoms with Crippen LogP contribution in [0.25, 0.3) is 0 Å². The number of amides is 1. The van der Waals surface area contributed by atoms with Crippen molar-refractivity contribution in [2.45, 2.75) is 18.9 Å². The van der Waals surface area contributed by atoms with E-state index in [2.05, 4.69) is 12.1 Å². The third-order valence-electron chi connectivity index (χ3n) is 5.12. The molecule has 0 spiro atoms. The molecule has 1 amide bonds. The molecule has 1 N–H and O–H groups in total. The summed E-state index contributed by atoms with van der Waals surface area (Å²) in [6, 6.07) is 18.1. The van der Waals surface area contributed by atoms with E-state index in [1.54, 1.807) is 11.9 Å². The maximum atomic E-state index is 13.2. The Balaban J connectivity index is 1.64. The highest BCUT2D eigenvalue weighted by Gasteiger charge is 2.27. The first-order valence-corrected chi connectivity index (χ1v) is 9.96. The van der Waals surface area contributed by atoms with Crippen LogP contribution in [0, 0.1) is 0 Å². The first-order chi connectivity index (χ1) is 14.0. The lowest BCUT2D eigenvalue weighted by atomic mass is 9.99. The first-order valence-electron chi connectivity index (χ1n) is 9.96. The van der Waals surface area contributed by atoms with Gasteiger partial charge in [-0.15, -0.1) is 0 Å². The summed E-state index contributed by atoms with van der Waals surface area (Å²) in [7, 11) is 1.75. The van der Waals surface area contributed by atoms with Gasteiger partial charge in [0.1, 0.15) is 0 Å². The molecule has 2 aromatic carbocycles. The van der Waals surface area contributed by atoms with E-state index >= 15 is 0 Å². The Kier molecular flexibility index (Phi) is 7.38. The monoisotopic (exact) mass is 396 g/mol. The normalized spacial score (nSPS) is 16.8. The Morgan fingerprint density at radius 2 is 1.83 bits per heavy atom. The number of aliphatic carboxylic acids is 1. The highest BCUT2D eigenvalue weighted by molar-refractivity contribution is 5.95. The molecule has 154 valence electrons. The first kappa shape index (κ1) is 21.0. The minimum atomic E-state index is -0.872. The fraction of sp³-hybridized carbons (Fsp3) is 0.391. The van der Waals surface area contributed by atoms with Gasteiger partial charge in [-0.2, -0.15) is 0 Å². The topological polar surface area (TPSA) is 70.1 Å². The van der Waals surface area contributed by atoms with Crippen LogP contribution in [0.15, 0.2) is 54.6 Å². The average Bonchev–Trinajstić information content (AvgIpc) is 2.72. The molecular weight excluding hydrogens is 368 g/mol. The van der Waals surface area contributed by atoms with Gasteiger partial charge in [0.05, 0.1) is 19.3 Å². The molecule has 0 aliphatic carbocycles. The molecule has 2 aromatic rings. The molecule has 29 heavy (non-hydrogen) atoms. The zero-order valence-electron chi connectivity index (χ0n) is 16.8. The molecule has 1 aliphatic heterocycles. The lowest BCUT2D eigenvalue weighted by Gasteiger charge is -2.35. The molecule has 1 unspecified atom stereocenters. The lowest BCUT2D eigenvalue weighted by molar-refractivity contribution is -0.138. The molecular formula is C23H28N2O4. The van der Waals surface area contributed by atoms with Crippen molar-refractivity contribution in [2.75, 3.05) is 39.8 Å². The molecule has 1 atom stereocenters. The largest absolute Gasteiger partial charge is 0.480 e. The van der Waals surface area contributed by atoms with Crippen LogP contribution in [0.3, 0.4) is 0 Å². The van der Waals surface area contributed by atoms with Gasteiger partial charge in [0.25, 0.3) is 5.91 Å². The summed E-state index contributed by atoms with van der Waals surface area (Å²) in [5, 5.41) is 8.92. The summed E-state index contributed by atoms with van der Waals surface area (Å²) >= 11 is 0. The van der Waals surface area contributed by atoms with E-state index in [1.165, 1.54) is 5.56 Å². The number of nitrogens with zero attached hydrogens (tertiary/aromatic N) is 2. The van der Waals surface area contributed by atoms with E-state index in [1.807, 2.05) is 47.4 Å². The van der Waals surface area contributed by atoms with Gasteiger partial charge in [-0.1, -0.05) is 48.5 Å². The molecule has 6 nitrogen and oxygen atoms in total. The highest BCUT2D eigenvalue weighted by atomic mass is 16.5. The predicted octanol–water partition coefficient (Wildman–Crippen LogP) is 2.33. The Labute approximate surface area is 171 Å². The van der Waals surface area contributed by atoms with E-state index in [0.717, 1.165) is 24.0 Å². The van der Waals surface area contributed by atoms with Crippen molar-refractivity contribution in [3.63, 3.8) is 0 Å². The quantitative estimate of drug-likeness (QED) is 0.742. The van der Waals surface area contributed by atoms with Crippen molar-refractivity contribution < 1.29 is 19.4 Å². The minimum absolute atomic E-state index is 0.0165. The van der Waals surface area contributed by atoms with Crippen LogP contribution in [0.4, 0.5) is 0 Å². The van der Waals surface area contributed by atoms with Crippen LogP contribution in [0.5, 0.6) is 0 Å². The predicted molar refractivity (Wildman–Crippen MR) is 111 cm³/mol. The van der Waals surface area contributed by atoms with Crippen LogP contribution in [-0.4, -0.2) is 72.7 Å². The Hall–Kier alpha value is -2.70. The summed E-state index contributed by atoms with van der Waals surface area (Å²) in [6.45, 7) is 1.91. The number of morpholine rings is 1. The molecule has 1 aliphatic rings. The molecule has 0 aromatic heterocycles. The number of carboxylic acids is 1. The van der Waals surface area contributed by atoms with Gasteiger partial charge in [0, 0.05) is 25.2 Å². The van der Waals surface area contributed by atoms with Gasteiger partial charge in [-0.05, 0) is 37.1 Å². The summed E-state index contributed by atoms with van der Waals surface area (Å²) in [5.74, 6) is -0.855. The van der Waals surface area contributed by atoms with Crippen molar-refractivity contribution in [3.8, 4) is 0 Å². The fourth-order valence-corrected chi connectivity index (χ4v) is 3.70. The number of hydrogen-bond donors (Lipinski definition) is 1. The van der Waals surface area contributed by atoms with Gasteiger partial charge in [0.15, 0.2) is 0 Å². The number of ether oxygens (including phenoxy) is 1. The SMILES string of the molecule is CN(CC(=O)O)CC1CN(C(=O)c2ccccc2CCc2ccccc2)CCO1. The van der Waals surface area contributed by atoms with Crippen LogP contribution >= 0.6 is 0 Å². The van der Waals surface area contributed by atoms with Gasteiger partial charge >= 0.3 is 5.97 Å². The fourth-order valence-electron chi connectivity index (χ4n) is 3.70. The summed E-state index contributed by atoms with van der Waals surface area (Å²) < 4.78 is 5.75. The van der Waals surface area contributed by atoms with Gasteiger partial charge in [0.2, 0.25) is 0 Å². The van der Waals surface area contributed by atoms with Crippen LogP contribution in [-0.2, 0) is 22.4 Å². The summed E-state index contributed by atoms with van der Waals surface area (Å²) in [5.41, 5.74) is 3.04. The Bertz CT molecular complexity index is 825. The third-order valence-corrected chi connectivity index (χ3v) is 5.12. The number of benzene rings is 2. The van der Waals surface area contributed by atoms with Crippen LogP contribution in [0.2, 0.25) is 0 Å². The van der Waals surface area contributed by atoms with Crippen molar-refractivity contribution >= 4 is 11.9 Å². The Morgan fingerprint density at radius 3 is 2.59 bits per heavy atom. The molecule has 0 bridgehead atoms. The zero-order valence-corrected chi connectivity index (χ0v) is 16.8. The number of hydrogen-bond acceptors (Lipinski definition) is 4. The van der Waals surface area contributed by atoms with E-state index < -0.39 is 5.97 Å². The van der Waals surface area contributed by atoms with E-state index in [9.17, 15) is 9.59 Å². The van der Waals surface area contributed by atoms with Crippen LogP contribution in [0.1, 0.15) is 21.5 Å². The number of carboxylic acid groups (broad SMARTS) is 1. The number of likely N-dealkylation sites (N-methyl/N-ethyl adjacent to an activating group) is 1. The second-order valence-corrected chi connectivity index (χ2v) is 7.48. The van der Waals surface area contributed by atoms with Crippen molar-refractivity contribution in [1.82, 2.24) is 9.80 Å². The number of aryl methyl sites for hydroxylation is 2. The Morgan fingerprint density at radius 1 is 1.10 bits per heavy atom. The second-order valence-electron chi connectivity index (χ2n) is 7.48. The maximum absolute atomic E-state index is 13.2. The minimum Gasteiger partial charge on any atom is -0.480 e. The number of carbonyl (C=O) groups excluding carboxylic acids is 1. The van der Waals surface area contributed by atoms with Gasteiger partial charge in [-0.25, -0.2) is 0 Å². The second kappa shape index (κ2) is 10.2. The number of rotatable bonds is 8. The summed E-state index contributed by atoms with van der Waals surface area (Å²) in [4.78, 5) is 27.6. The molecule has 1 heterocycles. The standard InChI is InChI=1S/C23H28N2O4/c1-24(17-22(26)27)15-20-16-25(13-14-29-20)23(28)21-10-6-5-9-19(21)12-11-18-7-3-2-4-8-18/h2-10,20H,11-17H2,1H3,(H,26,27). The van der Waals surface area contributed by atoms with E-state index in [-0.39, 0.29) is 18.6 Å². The van der Waals surface area contributed by atoms with Gasteiger partial charge < -0.3 is 14.7 Å². The molecule has 0 saturated carbocycles. The maximum Gasteiger partial charge on any atom is 0.317 e. The molecule has 0 radical (unpaired) electrons. The summed E-state index contributed by atoms with van der Waals surface area (Å²) in [6.07, 6.45) is 1.51. The van der Waals surface area contributed by atoms with Crippen molar-refractivity contribution in [2.24, 2.45) is 0 Å².